The third-order valence-corrected chi connectivity index (χ3v) is 4.27. The van der Waals surface area contributed by atoms with Gasteiger partial charge < -0.3 is 0 Å². The second-order valence-electron chi connectivity index (χ2n) is 6.18. The van der Waals surface area contributed by atoms with Gasteiger partial charge in [-0.2, -0.15) is 0 Å². The summed E-state index contributed by atoms with van der Waals surface area (Å²) in [6.45, 7) is 1.56. The van der Waals surface area contributed by atoms with E-state index in [9.17, 15) is 4.79 Å². The molecule has 0 amide bonds. The number of hydrogen-bond acceptors (Lipinski definition) is 4. The Kier molecular flexibility index (Phi) is 4.54. The summed E-state index contributed by atoms with van der Waals surface area (Å²) < 4.78 is 0. The standard InChI is InChI=1S/C23H17N3O/c1-16(27)17-10-12-18(13-11-17)21-15-22(20-9-5-6-14-24-20)26-23(25-21)19-7-3-2-4-8-19/h2-15H,1H3. The highest BCUT2D eigenvalue weighted by molar-refractivity contribution is 5.94. The Hall–Kier alpha value is -3.66. The second kappa shape index (κ2) is 7.30. The topological polar surface area (TPSA) is 55.7 Å². The highest BCUT2D eigenvalue weighted by atomic mass is 16.1. The number of carbonyl (C=O) groups is 1. The van der Waals surface area contributed by atoms with Crippen LogP contribution in [0, 0.1) is 0 Å². The van der Waals surface area contributed by atoms with Crippen molar-refractivity contribution in [2.75, 3.05) is 0 Å². The van der Waals surface area contributed by atoms with E-state index in [1.54, 1.807) is 13.1 Å². The van der Waals surface area contributed by atoms with Crippen molar-refractivity contribution in [3.05, 3.63) is 90.6 Å². The molecule has 4 aromatic rings. The first kappa shape index (κ1) is 16.8. The molecule has 0 saturated carbocycles. The maximum Gasteiger partial charge on any atom is 0.160 e. The molecule has 0 fully saturated rings. The fourth-order valence-corrected chi connectivity index (χ4v) is 2.83. The van der Waals surface area contributed by atoms with E-state index >= 15 is 0 Å². The zero-order chi connectivity index (χ0) is 18.6. The second-order valence-corrected chi connectivity index (χ2v) is 6.18. The van der Waals surface area contributed by atoms with Crippen LogP contribution in [0.5, 0.6) is 0 Å². The van der Waals surface area contributed by atoms with Gasteiger partial charge in [0.05, 0.1) is 17.1 Å². The lowest BCUT2D eigenvalue weighted by atomic mass is 10.1. The van der Waals surface area contributed by atoms with Gasteiger partial charge in [-0.3, -0.25) is 9.78 Å². The van der Waals surface area contributed by atoms with E-state index in [1.807, 2.05) is 78.9 Å². The summed E-state index contributed by atoms with van der Waals surface area (Å²) in [4.78, 5) is 25.4. The van der Waals surface area contributed by atoms with Crippen molar-refractivity contribution in [3.8, 4) is 34.0 Å². The predicted octanol–water partition coefficient (Wildman–Crippen LogP) is 5.08. The van der Waals surface area contributed by atoms with E-state index in [2.05, 4.69) is 4.98 Å². The number of carbonyl (C=O) groups excluding carboxylic acids is 1. The number of nitrogens with zero attached hydrogens (tertiary/aromatic N) is 3. The first-order valence-electron chi connectivity index (χ1n) is 8.68. The van der Waals surface area contributed by atoms with E-state index in [-0.39, 0.29) is 5.78 Å². The zero-order valence-corrected chi connectivity index (χ0v) is 14.8. The SMILES string of the molecule is CC(=O)c1ccc(-c2cc(-c3ccccn3)nc(-c3ccccc3)n2)cc1. The summed E-state index contributed by atoms with van der Waals surface area (Å²) in [5.74, 6) is 0.688. The molecule has 2 heterocycles. The minimum absolute atomic E-state index is 0.0448. The van der Waals surface area contributed by atoms with Gasteiger partial charge in [0.25, 0.3) is 0 Å². The fourth-order valence-electron chi connectivity index (χ4n) is 2.83. The highest BCUT2D eigenvalue weighted by Gasteiger charge is 2.11. The minimum Gasteiger partial charge on any atom is -0.295 e. The highest BCUT2D eigenvalue weighted by Crippen LogP contribution is 2.26. The first-order chi connectivity index (χ1) is 13.2. The van der Waals surface area contributed by atoms with Crippen molar-refractivity contribution in [1.29, 1.82) is 0 Å². The summed E-state index contributed by atoms with van der Waals surface area (Å²) in [7, 11) is 0. The lowest BCUT2D eigenvalue weighted by Crippen LogP contribution is -1.97. The van der Waals surface area contributed by atoms with Crippen LogP contribution in [0.25, 0.3) is 34.0 Å². The van der Waals surface area contributed by atoms with Gasteiger partial charge >= 0.3 is 0 Å². The average Bonchev–Trinajstić information content (AvgIpc) is 2.75. The molecule has 0 unspecified atom stereocenters. The molecule has 0 N–H and O–H groups in total. The summed E-state index contributed by atoms with van der Waals surface area (Å²) in [6, 6.07) is 25.0. The fraction of sp³-hybridized carbons (Fsp3) is 0.0435. The van der Waals surface area contributed by atoms with Crippen LogP contribution in [0.2, 0.25) is 0 Å². The quantitative estimate of drug-likeness (QED) is 0.481. The minimum atomic E-state index is 0.0448. The van der Waals surface area contributed by atoms with Crippen LogP contribution >= 0.6 is 0 Å². The summed E-state index contributed by atoms with van der Waals surface area (Å²) >= 11 is 0. The molecule has 0 saturated heterocycles. The largest absolute Gasteiger partial charge is 0.295 e. The number of Topliss-reactive ketones (excluding diaryl/α,β-unsaturated/α-hetero) is 1. The molecule has 27 heavy (non-hydrogen) atoms. The number of rotatable bonds is 4. The number of ketones is 1. The molecule has 0 spiro atoms. The van der Waals surface area contributed by atoms with Gasteiger partial charge in [-0.25, -0.2) is 9.97 Å². The van der Waals surface area contributed by atoms with Crippen molar-refractivity contribution >= 4 is 5.78 Å². The summed E-state index contributed by atoms with van der Waals surface area (Å²) in [5, 5.41) is 0. The molecular weight excluding hydrogens is 334 g/mol. The Morgan fingerprint density at radius 1 is 0.704 bits per heavy atom. The van der Waals surface area contributed by atoms with E-state index < -0.39 is 0 Å². The van der Waals surface area contributed by atoms with E-state index in [0.717, 1.165) is 28.2 Å². The van der Waals surface area contributed by atoms with E-state index in [1.165, 1.54) is 0 Å². The molecule has 2 aromatic carbocycles. The lowest BCUT2D eigenvalue weighted by Gasteiger charge is -2.09. The Bertz CT molecular complexity index is 1020. The van der Waals surface area contributed by atoms with Gasteiger partial charge in [-0.05, 0) is 25.1 Å². The molecule has 0 aliphatic heterocycles. The van der Waals surface area contributed by atoms with Gasteiger partial charge in [0.15, 0.2) is 11.6 Å². The van der Waals surface area contributed by atoms with E-state index in [4.69, 9.17) is 9.97 Å². The van der Waals surface area contributed by atoms with Crippen LogP contribution in [0.15, 0.2) is 85.1 Å². The van der Waals surface area contributed by atoms with Gasteiger partial charge in [0.2, 0.25) is 0 Å². The summed E-state index contributed by atoms with van der Waals surface area (Å²) in [5.41, 5.74) is 4.89. The van der Waals surface area contributed by atoms with Crippen LogP contribution in [0.1, 0.15) is 17.3 Å². The predicted molar refractivity (Wildman–Crippen MR) is 106 cm³/mol. The number of hydrogen-bond donors (Lipinski definition) is 0. The van der Waals surface area contributed by atoms with Crippen molar-refractivity contribution in [2.24, 2.45) is 0 Å². The van der Waals surface area contributed by atoms with Crippen molar-refractivity contribution in [1.82, 2.24) is 15.0 Å². The number of aromatic nitrogens is 3. The maximum absolute atomic E-state index is 11.5. The van der Waals surface area contributed by atoms with E-state index in [0.29, 0.717) is 11.4 Å². The van der Waals surface area contributed by atoms with Gasteiger partial charge in [0.1, 0.15) is 0 Å². The van der Waals surface area contributed by atoms with Gasteiger partial charge in [0, 0.05) is 22.9 Å². The number of benzene rings is 2. The normalized spacial score (nSPS) is 10.6. The van der Waals surface area contributed by atoms with Crippen molar-refractivity contribution in [2.45, 2.75) is 6.92 Å². The molecule has 0 bridgehead atoms. The molecule has 0 atom stereocenters. The Labute approximate surface area is 157 Å². The molecule has 2 aromatic heterocycles. The van der Waals surface area contributed by atoms with Crippen LogP contribution in [-0.2, 0) is 0 Å². The third-order valence-electron chi connectivity index (χ3n) is 4.27. The molecule has 4 nitrogen and oxygen atoms in total. The first-order valence-corrected chi connectivity index (χ1v) is 8.68. The molecule has 0 aliphatic carbocycles. The van der Waals surface area contributed by atoms with Gasteiger partial charge in [-0.15, -0.1) is 0 Å². The molecule has 130 valence electrons. The van der Waals surface area contributed by atoms with Gasteiger partial charge in [-0.1, -0.05) is 60.7 Å². The third kappa shape index (κ3) is 3.65. The molecule has 4 heteroatoms. The Morgan fingerprint density at radius 3 is 2.07 bits per heavy atom. The molecule has 4 rings (SSSR count). The smallest absolute Gasteiger partial charge is 0.160 e. The van der Waals surface area contributed by atoms with Crippen LogP contribution < -0.4 is 0 Å². The van der Waals surface area contributed by atoms with Crippen LogP contribution in [0.3, 0.4) is 0 Å². The van der Waals surface area contributed by atoms with Crippen molar-refractivity contribution < 1.29 is 4.79 Å². The molecule has 0 aliphatic rings. The van der Waals surface area contributed by atoms with Crippen LogP contribution in [0.4, 0.5) is 0 Å². The Balaban J connectivity index is 1.86. The average molecular weight is 351 g/mol. The maximum atomic E-state index is 11.5. The zero-order valence-electron chi connectivity index (χ0n) is 14.8. The lowest BCUT2D eigenvalue weighted by molar-refractivity contribution is 0.101. The number of pyridine rings is 1. The van der Waals surface area contributed by atoms with Crippen molar-refractivity contribution in [3.63, 3.8) is 0 Å². The monoisotopic (exact) mass is 351 g/mol. The Morgan fingerprint density at radius 2 is 1.41 bits per heavy atom. The molecule has 0 radical (unpaired) electrons. The van der Waals surface area contributed by atoms with Crippen LogP contribution in [-0.4, -0.2) is 20.7 Å². The summed E-state index contributed by atoms with van der Waals surface area (Å²) in [6.07, 6.45) is 1.75. The molecular formula is C23H17N3O.